The number of aryl methyl sites for hydroxylation is 3. The Labute approximate surface area is 176 Å². The fourth-order valence-corrected chi connectivity index (χ4v) is 5.02. The van der Waals surface area contributed by atoms with Crippen LogP contribution in [-0.4, -0.2) is 30.1 Å². The summed E-state index contributed by atoms with van der Waals surface area (Å²) in [6, 6.07) is 12.6. The van der Waals surface area contributed by atoms with E-state index in [9.17, 15) is 4.79 Å². The topological polar surface area (TPSA) is 42.4 Å². The van der Waals surface area contributed by atoms with Crippen molar-refractivity contribution in [3.8, 4) is 0 Å². The number of hydrogen-bond donors (Lipinski definition) is 0. The minimum atomic E-state index is 0.0876. The number of anilines is 1. The van der Waals surface area contributed by atoms with Gasteiger partial charge in [0.05, 0.1) is 29.3 Å². The van der Waals surface area contributed by atoms with Gasteiger partial charge in [-0.3, -0.25) is 9.69 Å². The maximum Gasteiger partial charge on any atom is 0.233 e. The zero-order valence-corrected chi connectivity index (χ0v) is 18.2. The van der Waals surface area contributed by atoms with Gasteiger partial charge in [-0.2, -0.15) is 0 Å². The van der Waals surface area contributed by atoms with Crippen LogP contribution < -0.4 is 4.90 Å². The largest absolute Gasteiger partial charge is 0.376 e. The smallest absolute Gasteiger partial charge is 0.233 e. The van der Waals surface area contributed by atoms with Crippen LogP contribution in [0.2, 0.25) is 0 Å². The van der Waals surface area contributed by atoms with E-state index in [1.165, 1.54) is 11.1 Å². The fourth-order valence-electron chi connectivity index (χ4n) is 3.98. The molecule has 1 unspecified atom stereocenters. The quantitative estimate of drug-likeness (QED) is 0.561. The summed E-state index contributed by atoms with van der Waals surface area (Å²) in [6.07, 6.45) is 3.47. The monoisotopic (exact) mass is 408 g/mol. The first-order valence-corrected chi connectivity index (χ1v) is 11.2. The summed E-state index contributed by atoms with van der Waals surface area (Å²) in [7, 11) is 0. The van der Waals surface area contributed by atoms with Crippen molar-refractivity contribution in [2.45, 2.75) is 52.6 Å². The highest BCUT2D eigenvalue weighted by Crippen LogP contribution is 2.32. The predicted molar refractivity (Wildman–Crippen MR) is 120 cm³/mol. The molecule has 0 radical (unpaired) electrons. The first kappa shape index (κ1) is 20.0. The van der Waals surface area contributed by atoms with E-state index in [-0.39, 0.29) is 12.0 Å². The lowest BCUT2D eigenvalue weighted by molar-refractivity contribution is -0.118. The van der Waals surface area contributed by atoms with E-state index in [1.807, 2.05) is 4.90 Å². The molecule has 5 heteroatoms. The van der Waals surface area contributed by atoms with Crippen molar-refractivity contribution in [2.75, 3.05) is 18.1 Å². The molecule has 1 fully saturated rings. The second-order valence-corrected chi connectivity index (χ2v) is 8.87. The summed E-state index contributed by atoms with van der Waals surface area (Å²) in [5.74, 6) is 0.0876. The Hall–Kier alpha value is -2.24. The maximum absolute atomic E-state index is 13.4. The molecule has 0 spiro atoms. The summed E-state index contributed by atoms with van der Waals surface area (Å²) in [5, 5.41) is 0.783. The molecule has 1 saturated heterocycles. The number of hydrogen-bond acceptors (Lipinski definition) is 4. The number of carbonyl (C=O) groups excluding carboxylic acids is 1. The molecular weight excluding hydrogens is 380 g/mol. The Morgan fingerprint density at radius 2 is 2.10 bits per heavy atom. The van der Waals surface area contributed by atoms with Gasteiger partial charge in [0.2, 0.25) is 5.91 Å². The van der Waals surface area contributed by atoms with Crippen molar-refractivity contribution < 1.29 is 9.53 Å². The van der Waals surface area contributed by atoms with Crippen molar-refractivity contribution in [2.24, 2.45) is 0 Å². The van der Waals surface area contributed by atoms with E-state index in [0.717, 1.165) is 52.3 Å². The van der Waals surface area contributed by atoms with Crippen molar-refractivity contribution in [3.05, 3.63) is 58.7 Å². The van der Waals surface area contributed by atoms with Gasteiger partial charge < -0.3 is 4.74 Å². The lowest BCUT2D eigenvalue weighted by atomic mass is 10.0. The number of amides is 1. The summed E-state index contributed by atoms with van der Waals surface area (Å²) in [4.78, 5) is 20.2. The molecule has 1 aromatic heterocycles. The highest BCUT2D eigenvalue weighted by molar-refractivity contribution is 7.22. The van der Waals surface area contributed by atoms with Crippen LogP contribution in [-0.2, 0) is 22.4 Å². The number of carbonyl (C=O) groups is 1. The van der Waals surface area contributed by atoms with Crippen LogP contribution in [0.1, 0.15) is 42.0 Å². The zero-order valence-electron chi connectivity index (χ0n) is 17.4. The van der Waals surface area contributed by atoms with Crippen LogP contribution in [0.4, 0.5) is 5.13 Å². The highest BCUT2D eigenvalue weighted by atomic mass is 32.1. The molecule has 152 valence electrons. The van der Waals surface area contributed by atoms with E-state index in [1.54, 1.807) is 11.3 Å². The van der Waals surface area contributed by atoms with Gasteiger partial charge in [0, 0.05) is 6.61 Å². The Kier molecular flexibility index (Phi) is 5.97. The Morgan fingerprint density at radius 1 is 1.24 bits per heavy atom. The molecule has 4 rings (SSSR count). The number of nitrogens with zero attached hydrogens (tertiary/aromatic N) is 2. The van der Waals surface area contributed by atoms with Gasteiger partial charge in [-0.1, -0.05) is 54.2 Å². The van der Waals surface area contributed by atoms with Crippen LogP contribution in [0, 0.1) is 13.8 Å². The molecule has 1 amide bonds. The SMILES string of the molecule is CCc1cccc2sc(N(CC3CCCO3)C(=O)Cc3ccc(C)cc3C)nc12. The summed E-state index contributed by atoms with van der Waals surface area (Å²) >= 11 is 1.60. The lowest BCUT2D eigenvalue weighted by Crippen LogP contribution is -2.38. The number of ether oxygens (including phenoxy) is 1. The van der Waals surface area contributed by atoms with Gasteiger partial charge in [0.25, 0.3) is 0 Å². The second kappa shape index (κ2) is 8.64. The third kappa shape index (κ3) is 4.36. The molecule has 0 saturated carbocycles. The minimum absolute atomic E-state index is 0.0876. The molecule has 0 N–H and O–H groups in total. The van der Waals surface area contributed by atoms with E-state index >= 15 is 0 Å². The first-order valence-electron chi connectivity index (χ1n) is 10.4. The number of thiazole rings is 1. The molecule has 1 aliphatic heterocycles. The van der Waals surface area contributed by atoms with E-state index in [4.69, 9.17) is 9.72 Å². The number of fused-ring (bicyclic) bond motifs is 1. The van der Waals surface area contributed by atoms with Crippen LogP contribution in [0.15, 0.2) is 36.4 Å². The van der Waals surface area contributed by atoms with Crippen LogP contribution in [0.25, 0.3) is 10.2 Å². The Morgan fingerprint density at radius 3 is 2.83 bits per heavy atom. The van der Waals surface area contributed by atoms with E-state index < -0.39 is 0 Å². The summed E-state index contributed by atoms with van der Waals surface area (Å²) in [6.45, 7) is 7.65. The molecule has 3 aromatic rings. The Bertz CT molecular complexity index is 1020. The molecule has 1 aliphatic rings. The molecule has 4 nitrogen and oxygen atoms in total. The molecule has 2 heterocycles. The van der Waals surface area contributed by atoms with Crippen molar-refractivity contribution in [1.29, 1.82) is 0 Å². The van der Waals surface area contributed by atoms with Crippen LogP contribution in [0.3, 0.4) is 0 Å². The zero-order chi connectivity index (χ0) is 20.4. The second-order valence-electron chi connectivity index (χ2n) is 7.86. The van der Waals surface area contributed by atoms with Crippen molar-refractivity contribution in [3.63, 3.8) is 0 Å². The highest BCUT2D eigenvalue weighted by Gasteiger charge is 2.26. The van der Waals surface area contributed by atoms with Gasteiger partial charge in [-0.25, -0.2) is 4.98 Å². The Balaban J connectivity index is 1.66. The molecular formula is C24H28N2O2S. The molecule has 29 heavy (non-hydrogen) atoms. The fraction of sp³-hybridized carbons (Fsp3) is 0.417. The van der Waals surface area contributed by atoms with Crippen LogP contribution >= 0.6 is 11.3 Å². The average molecular weight is 409 g/mol. The maximum atomic E-state index is 13.4. The third-order valence-corrected chi connectivity index (χ3v) is 6.70. The summed E-state index contributed by atoms with van der Waals surface area (Å²) in [5.41, 5.74) is 5.70. The number of rotatable bonds is 6. The predicted octanol–water partition coefficient (Wildman–Crippen LogP) is 5.23. The van der Waals surface area contributed by atoms with Gasteiger partial charge in [0.15, 0.2) is 5.13 Å². The van der Waals surface area contributed by atoms with Gasteiger partial charge in [-0.15, -0.1) is 0 Å². The van der Waals surface area contributed by atoms with E-state index in [0.29, 0.717) is 13.0 Å². The summed E-state index contributed by atoms with van der Waals surface area (Å²) < 4.78 is 6.98. The van der Waals surface area contributed by atoms with Gasteiger partial charge in [0.1, 0.15) is 0 Å². The minimum Gasteiger partial charge on any atom is -0.376 e. The van der Waals surface area contributed by atoms with Crippen molar-refractivity contribution >= 4 is 32.6 Å². The standard InChI is InChI=1S/C24H28N2O2S/c1-4-18-7-5-9-21-23(18)25-24(29-21)26(15-20-8-6-12-28-20)22(27)14-19-11-10-16(2)13-17(19)3/h5,7,9-11,13,20H,4,6,8,12,14-15H2,1-3H3. The van der Waals surface area contributed by atoms with Crippen molar-refractivity contribution in [1.82, 2.24) is 4.98 Å². The molecule has 1 atom stereocenters. The average Bonchev–Trinajstić information content (AvgIpc) is 3.37. The first-order chi connectivity index (χ1) is 14.0. The molecule has 0 bridgehead atoms. The van der Waals surface area contributed by atoms with E-state index in [2.05, 4.69) is 57.2 Å². The van der Waals surface area contributed by atoms with Crippen LogP contribution in [0.5, 0.6) is 0 Å². The lowest BCUT2D eigenvalue weighted by Gasteiger charge is -2.23. The third-order valence-electron chi connectivity index (χ3n) is 5.65. The molecule has 2 aromatic carbocycles. The van der Waals surface area contributed by atoms with Gasteiger partial charge >= 0.3 is 0 Å². The normalized spacial score (nSPS) is 16.4. The number of benzene rings is 2. The van der Waals surface area contributed by atoms with Gasteiger partial charge in [-0.05, 0) is 55.9 Å². The molecule has 0 aliphatic carbocycles. The number of aromatic nitrogens is 1. The number of para-hydroxylation sites is 1.